The number of carbonyl (C=O) groups is 1. The minimum absolute atomic E-state index is 0.0915. The van der Waals surface area contributed by atoms with Crippen molar-refractivity contribution in [2.24, 2.45) is 18.4 Å². The van der Waals surface area contributed by atoms with Gasteiger partial charge in [0.25, 0.3) is 11.1 Å². The first kappa shape index (κ1) is 23.2. The molecule has 1 aliphatic rings. The summed E-state index contributed by atoms with van der Waals surface area (Å²) in [6.07, 6.45) is 0.379. The van der Waals surface area contributed by atoms with E-state index in [9.17, 15) is 19.5 Å². The van der Waals surface area contributed by atoms with E-state index in [0.29, 0.717) is 47.6 Å². The molecule has 1 saturated heterocycles. The molecule has 4 rings (SSSR count). The smallest absolute Gasteiger partial charge is 0.407 e. The summed E-state index contributed by atoms with van der Waals surface area (Å²) in [5.74, 6) is 0.0915. The summed E-state index contributed by atoms with van der Waals surface area (Å²) in [6, 6.07) is 8.40. The summed E-state index contributed by atoms with van der Waals surface area (Å²) in [5, 5.41) is 13.7. The van der Waals surface area contributed by atoms with Crippen LogP contribution >= 0.6 is 11.6 Å². The first-order chi connectivity index (χ1) is 15.5. The number of hydrogen-bond donors (Lipinski definition) is 2. The number of aromatic amines is 1. The molecule has 3 heterocycles. The van der Waals surface area contributed by atoms with E-state index in [0.717, 1.165) is 5.56 Å². The molecule has 2 atom stereocenters. The van der Waals surface area contributed by atoms with E-state index >= 15 is 0 Å². The quantitative estimate of drug-likeness (QED) is 0.597. The van der Waals surface area contributed by atoms with Crippen molar-refractivity contribution in [1.82, 2.24) is 19.2 Å². The molecule has 2 N–H and O–H groups in total. The van der Waals surface area contributed by atoms with E-state index in [4.69, 9.17) is 11.6 Å². The number of rotatable bonds is 3. The van der Waals surface area contributed by atoms with Crippen molar-refractivity contribution >= 4 is 28.6 Å². The van der Waals surface area contributed by atoms with Crippen molar-refractivity contribution in [1.29, 1.82) is 0 Å². The number of amides is 1. The Hall–Kier alpha value is -3.00. The molecule has 176 valence electrons. The molecule has 0 radical (unpaired) electrons. The average Bonchev–Trinajstić information content (AvgIpc) is 3.01. The van der Waals surface area contributed by atoms with Gasteiger partial charge < -0.3 is 14.6 Å². The zero-order chi connectivity index (χ0) is 24.1. The summed E-state index contributed by atoms with van der Waals surface area (Å²) < 4.78 is 3.04. The van der Waals surface area contributed by atoms with Crippen LogP contribution in [0.2, 0.25) is 5.02 Å². The van der Waals surface area contributed by atoms with E-state index in [2.05, 4.69) is 5.10 Å². The maximum absolute atomic E-state index is 13.2. The van der Waals surface area contributed by atoms with Gasteiger partial charge in [0, 0.05) is 37.3 Å². The number of piperidine rings is 1. The number of H-pyrrole nitrogens is 1. The molecule has 1 aliphatic heterocycles. The van der Waals surface area contributed by atoms with Crippen molar-refractivity contribution in [3.63, 3.8) is 0 Å². The molecule has 0 aliphatic carbocycles. The largest absolute Gasteiger partial charge is 0.465 e. The van der Waals surface area contributed by atoms with Crippen LogP contribution in [-0.4, -0.2) is 43.0 Å². The zero-order valence-electron chi connectivity index (χ0n) is 19.3. The van der Waals surface area contributed by atoms with Gasteiger partial charge in [0.2, 0.25) is 0 Å². The summed E-state index contributed by atoms with van der Waals surface area (Å²) in [4.78, 5) is 39.5. The van der Waals surface area contributed by atoms with Crippen molar-refractivity contribution < 1.29 is 9.90 Å². The van der Waals surface area contributed by atoms with E-state index in [1.807, 2.05) is 32.9 Å². The van der Waals surface area contributed by atoms with Gasteiger partial charge in [-0.25, -0.2) is 4.79 Å². The number of aromatic nitrogens is 3. The normalized spacial score (nSPS) is 19.2. The number of carboxylic acid groups (broad SMARTS) is 1. The van der Waals surface area contributed by atoms with Crippen molar-refractivity contribution in [2.45, 2.75) is 46.2 Å². The number of pyridine rings is 1. The summed E-state index contributed by atoms with van der Waals surface area (Å²) in [5.41, 5.74) is 1.13. The topological polar surface area (TPSA) is 100 Å². The maximum Gasteiger partial charge on any atom is 0.407 e. The molecule has 0 bridgehead atoms. The van der Waals surface area contributed by atoms with Gasteiger partial charge in [-0.05, 0) is 41.9 Å². The highest BCUT2D eigenvalue weighted by Crippen LogP contribution is 2.36. The van der Waals surface area contributed by atoms with Crippen LogP contribution in [0.25, 0.3) is 22.2 Å². The van der Waals surface area contributed by atoms with Crippen LogP contribution < -0.4 is 11.1 Å². The van der Waals surface area contributed by atoms with Crippen LogP contribution in [0.3, 0.4) is 0 Å². The number of likely N-dealkylation sites (tertiary alicyclic amines) is 1. The molecule has 33 heavy (non-hydrogen) atoms. The van der Waals surface area contributed by atoms with Crippen LogP contribution in [0.5, 0.6) is 0 Å². The molecule has 2 aromatic heterocycles. The Kier molecular flexibility index (Phi) is 5.90. The van der Waals surface area contributed by atoms with Gasteiger partial charge in [-0.2, -0.15) is 0 Å². The highest BCUT2D eigenvalue weighted by atomic mass is 35.5. The Morgan fingerprint density at radius 1 is 1.21 bits per heavy atom. The fraction of sp³-hybridized carbons (Fsp3) is 0.458. The molecule has 0 spiro atoms. The van der Waals surface area contributed by atoms with E-state index in [1.165, 1.54) is 15.6 Å². The standard InChI is InChI=1S/C24H29ClN4O4/c1-24(2,3)18-11-14(9-10-28(18)23(32)33)13-29-19(30)12-17-20(22(31)27(4)26-17)21(29)15-5-7-16(25)8-6-15/h5-8,12,14,18,26H,9-11,13H2,1-4H3,(H,32,33). The van der Waals surface area contributed by atoms with Gasteiger partial charge in [0.05, 0.1) is 16.6 Å². The van der Waals surface area contributed by atoms with Gasteiger partial charge in [-0.1, -0.05) is 44.5 Å². The van der Waals surface area contributed by atoms with Gasteiger partial charge in [0.1, 0.15) is 0 Å². The second kappa shape index (κ2) is 8.41. The minimum Gasteiger partial charge on any atom is -0.465 e. The van der Waals surface area contributed by atoms with Gasteiger partial charge >= 0.3 is 6.09 Å². The molecule has 8 nitrogen and oxygen atoms in total. The van der Waals surface area contributed by atoms with Gasteiger partial charge in [-0.3, -0.25) is 19.4 Å². The Bertz CT molecular complexity index is 1310. The number of nitrogens with one attached hydrogen (secondary N) is 1. The van der Waals surface area contributed by atoms with Crippen LogP contribution in [0, 0.1) is 11.3 Å². The van der Waals surface area contributed by atoms with Crippen molar-refractivity contribution in [3.8, 4) is 11.3 Å². The molecule has 2 unspecified atom stereocenters. The molecule has 0 saturated carbocycles. The summed E-state index contributed by atoms with van der Waals surface area (Å²) in [6.45, 7) is 6.94. The number of nitrogens with zero attached hydrogens (tertiary/aromatic N) is 3. The van der Waals surface area contributed by atoms with E-state index in [1.54, 1.807) is 23.7 Å². The Morgan fingerprint density at radius 2 is 1.88 bits per heavy atom. The lowest BCUT2D eigenvalue weighted by Gasteiger charge is -2.44. The molecule has 3 aromatic rings. The van der Waals surface area contributed by atoms with Crippen molar-refractivity contribution in [3.05, 3.63) is 56.1 Å². The first-order valence-electron chi connectivity index (χ1n) is 11.1. The SMILES string of the molecule is Cn1[nH]c2cc(=O)n(CC3CCN(C(=O)O)C(C(C)(C)C)C3)c(-c3ccc(Cl)cc3)c2c1=O. The lowest BCUT2D eigenvalue weighted by molar-refractivity contribution is 0.0373. The number of aryl methyl sites for hydroxylation is 1. The molecule has 9 heteroatoms. The minimum atomic E-state index is -0.912. The number of fused-ring (bicyclic) bond motifs is 1. The monoisotopic (exact) mass is 472 g/mol. The third-order valence-corrected chi connectivity index (χ3v) is 6.88. The van der Waals surface area contributed by atoms with Crippen LogP contribution in [0.1, 0.15) is 33.6 Å². The van der Waals surface area contributed by atoms with Gasteiger partial charge in [0.15, 0.2) is 0 Å². The van der Waals surface area contributed by atoms with Crippen LogP contribution in [0.15, 0.2) is 39.9 Å². The van der Waals surface area contributed by atoms with E-state index in [-0.39, 0.29) is 28.5 Å². The zero-order valence-corrected chi connectivity index (χ0v) is 20.0. The molecular formula is C24H29ClN4O4. The highest BCUT2D eigenvalue weighted by molar-refractivity contribution is 6.30. The first-order valence-corrected chi connectivity index (χ1v) is 11.4. The Balaban J connectivity index is 1.82. The van der Waals surface area contributed by atoms with E-state index < -0.39 is 6.09 Å². The third kappa shape index (κ3) is 4.31. The Morgan fingerprint density at radius 3 is 2.48 bits per heavy atom. The number of benzene rings is 1. The molecule has 1 fully saturated rings. The second-order valence-corrected chi connectivity index (χ2v) is 10.4. The fourth-order valence-electron chi connectivity index (χ4n) is 4.95. The number of hydrogen-bond acceptors (Lipinski definition) is 3. The lowest BCUT2D eigenvalue weighted by Crippen LogP contribution is -2.52. The number of halogens is 1. The molecule has 1 amide bonds. The molecular weight excluding hydrogens is 444 g/mol. The lowest BCUT2D eigenvalue weighted by atomic mass is 9.77. The second-order valence-electron chi connectivity index (χ2n) is 9.96. The summed E-state index contributed by atoms with van der Waals surface area (Å²) in [7, 11) is 1.62. The summed E-state index contributed by atoms with van der Waals surface area (Å²) >= 11 is 6.08. The van der Waals surface area contributed by atoms with Gasteiger partial charge in [-0.15, -0.1) is 0 Å². The predicted molar refractivity (Wildman–Crippen MR) is 129 cm³/mol. The maximum atomic E-state index is 13.2. The third-order valence-electron chi connectivity index (χ3n) is 6.63. The molecule has 1 aromatic carbocycles. The van der Waals surface area contributed by atoms with Crippen molar-refractivity contribution in [2.75, 3.05) is 6.54 Å². The van der Waals surface area contributed by atoms with Crippen LogP contribution in [0.4, 0.5) is 4.79 Å². The predicted octanol–water partition coefficient (Wildman–Crippen LogP) is 4.15. The Labute approximate surface area is 196 Å². The average molecular weight is 473 g/mol. The van der Waals surface area contributed by atoms with Crippen LogP contribution in [-0.2, 0) is 13.6 Å². The fourth-order valence-corrected chi connectivity index (χ4v) is 5.08. The highest BCUT2D eigenvalue weighted by Gasteiger charge is 2.39.